The monoisotopic (exact) mass is 325 g/mol. The molecule has 0 aliphatic rings. The number of ketones is 1. The maximum absolute atomic E-state index is 12.4. The highest BCUT2D eigenvalue weighted by Gasteiger charge is 2.17. The van der Waals surface area contributed by atoms with Crippen LogP contribution < -0.4 is 10.5 Å². The van der Waals surface area contributed by atoms with Crippen LogP contribution in [-0.2, 0) is 0 Å². The topological polar surface area (TPSA) is 52.3 Å². The van der Waals surface area contributed by atoms with Gasteiger partial charge in [-0.25, -0.2) is 0 Å². The maximum Gasteiger partial charge on any atom is 0.206 e. The maximum atomic E-state index is 12.4. The zero-order chi connectivity index (χ0) is 13.3. The number of hydrogen-bond acceptors (Lipinski definition) is 4. The predicted molar refractivity (Wildman–Crippen MR) is 77.6 cm³/mol. The van der Waals surface area contributed by atoms with Gasteiger partial charge in [0.2, 0.25) is 5.78 Å². The lowest BCUT2D eigenvalue weighted by Gasteiger charge is -2.07. The Morgan fingerprint density at radius 3 is 2.67 bits per heavy atom. The molecule has 1 aromatic carbocycles. The van der Waals surface area contributed by atoms with Crippen molar-refractivity contribution < 1.29 is 9.53 Å². The van der Waals surface area contributed by atoms with Gasteiger partial charge >= 0.3 is 0 Å². The van der Waals surface area contributed by atoms with Gasteiger partial charge in [-0.3, -0.25) is 4.79 Å². The lowest BCUT2D eigenvalue weighted by Crippen LogP contribution is -2.02. The number of thiophene rings is 1. The molecule has 0 aliphatic carbocycles. The Balaban J connectivity index is 2.45. The molecule has 2 N–H and O–H groups in total. The number of aryl methyl sites for hydroxylation is 1. The Kier molecular flexibility index (Phi) is 3.73. The number of nitrogen functional groups attached to an aromatic ring is 1. The van der Waals surface area contributed by atoms with Crippen molar-refractivity contribution >= 4 is 38.7 Å². The van der Waals surface area contributed by atoms with Gasteiger partial charge in [0.15, 0.2) is 0 Å². The summed E-state index contributed by atoms with van der Waals surface area (Å²) in [4.78, 5) is 14.1. The van der Waals surface area contributed by atoms with Gasteiger partial charge in [0.25, 0.3) is 0 Å². The third-order valence-corrected chi connectivity index (χ3v) is 4.69. The van der Waals surface area contributed by atoms with Crippen LogP contribution in [0.3, 0.4) is 0 Å². The van der Waals surface area contributed by atoms with Crippen LogP contribution in [0.5, 0.6) is 5.75 Å². The highest BCUT2D eigenvalue weighted by Crippen LogP contribution is 2.31. The van der Waals surface area contributed by atoms with Crippen LogP contribution >= 0.6 is 27.3 Å². The minimum absolute atomic E-state index is 0.0503. The van der Waals surface area contributed by atoms with E-state index in [0.29, 0.717) is 21.9 Å². The van der Waals surface area contributed by atoms with Crippen molar-refractivity contribution in [3.05, 3.63) is 44.1 Å². The number of rotatable bonds is 3. The molecule has 1 aromatic heterocycles. The fourth-order valence-electron chi connectivity index (χ4n) is 1.60. The molecule has 18 heavy (non-hydrogen) atoms. The van der Waals surface area contributed by atoms with E-state index in [2.05, 4.69) is 15.9 Å². The van der Waals surface area contributed by atoms with Crippen molar-refractivity contribution in [2.45, 2.75) is 6.92 Å². The molecule has 5 heteroatoms. The predicted octanol–water partition coefficient (Wildman–Crippen LogP) is 3.64. The number of nitrogens with two attached hydrogens (primary N) is 1. The van der Waals surface area contributed by atoms with Crippen LogP contribution in [-0.4, -0.2) is 12.9 Å². The first-order valence-corrected chi connectivity index (χ1v) is 6.88. The first kappa shape index (κ1) is 13.1. The number of carbonyl (C=O) groups excluding carboxylic acids is 1. The minimum Gasteiger partial charge on any atom is -0.496 e. The molecule has 0 spiro atoms. The minimum atomic E-state index is -0.0503. The molecule has 0 fully saturated rings. The molecule has 0 unspecified atom stereocenters. The molecule has 0 bridgehead atoms. The van der Waals surface area contributed by atoms with E-state index in [1.54, 1.807) is 18.2 Å². The van der Waals surface area contributed by atoms with Crippen LogP contribution in [0.2, 0.25) is 0 Å². The summed E-state index contributed by atoms with van der Waals surface area (Å²) >= 11 is 4.87. The molecule has 2 rings (SSSR count). The Morgan fingerprint density at radius 2 is 2.11 bits per heavy atom. The van der Waals surface area contributed by atoms with Crippen LogP contribution in [0, 0.1) is 6.92 Å². The normalized spacial score (nSPS) is 10.4. The average molecular weight is 326 g/mol. The van der Waals surface area contributed by atoms with Gasteiger partial charge in [-0.15, -0.1) is 11.3 Å². The first-order chi connectivity index (χ1) is 8.52. The number of anilines is 1. The SMILES string of the molecule is COc1cc(N)ccc1C(=O)c1cc(Br)c(C)s1. The molecule has 0 atom stereocenters. The second kappa shape index (κ2) is 5.12. The number of ether oxygens (including phenoxy) is 1. The van der Waals surface area contributed by atoms with Gasteiger partial charge in [-0.05, 0) is 41.1 Å². The summed E-state index contributed by atoms with van der Waals surface area (Å²) in [7, 11) is 1.53. The Labute approximate surface area is 118 Å². The molecule has 0 aliphatic heterocycles. The van der Waals surface area contributed by atoms with E-state index < -0.39 is 0 Å². The van der Waals surface area contributed by atoms with Crippen molar-refractivity contribution in [1.82, 2.24) is 0 Å². The van der Waals surface area contributed by atoms with Gasteiger partial charge in [0, 0.05) is 21.1 Å². The lowest BCUT2D eigenvalue weighted by molar-refractivity contribution is 0.103. The highest BCUT2D eigenvalue weighted by molar-refractivity contribution is 9.10. The number of hydrogen-bond donors (Lipinski definition) is 1. The smallest absolute Gasteiger partial charge is 0.206 e. The van der Waals surface area contributed by atoms with Crippen LogP contribution in [0.1, 0.15) is 20.1 Å². The molecular formula is C13H12BrNO2S. The molecular weight excluding hydrogens is 314 g/mol. The quantitative estimate of drug-likeness (QED) is 0.692. The highest BCUT2D eigenvalue weighted by atomic mass is 79.9. The van der Waals surface area contributed by atoms with Gasteiger partial charge in [-0.2, -0.15) is 0 Å². The van der Waals surface area contributed by atoms with Crippen molar-refractivity contribution in [3.63, 3.8) is 0 Å². The number of benzene rings is 1. The second-order valence-electron chi connectivity index (χ2n) is 3.80. The molecule has 2 aromatic rings. The van der Waals surface area contributed by atoms with E-state index in [4.69, 9.17) is 10.5 Å². The molecule has 0 saturated heterocycles. The zero-order valence-electron chi connectivity index (χ0n) is 9.99. The van der Waals surface area contributed by atoms with Crippen molar-refractivity contribution in [1.29, 1.82) is 0 Å². The van der Waals surface area contributed by atoms with E-state index >= 15 is 0 Å². The van der Waals surface area contributed by atoms with Gasteiger partial charge in [-0.1, -0.05) is 0 Å². The summed E-state index contributed by atoms with van der Waals surface area (Å²) in [5.41, 5.74) is 6.78. The molecule has 94 valence electrons. The summed E-state index contributed by atoms with van der Waals surface area (Å²) in [6.45, 7) is 1.96. The van der Waals surface area contributed by atoms with E-state index in [0.717, 1.165) is 9.35 Å². The van der Waals surface area contributed by atoms with Crippen molar-refractivity contribution in [2.24, 2.45) is 0 Å². The third kappa shape index (κ3) is 2.42. The first-order valence-electron chi connectivity index (χ1n) is 5.27. The number of carbonyl (C=O) groups is 1. The van der Waals surface area contributed by atoms with E-state index in [-0.39, 0.29) is 5.78 Å². The molecule has 3 nitrogen and oxygen atoms in total. The van der Waals surface area contributed by atoms with Crippen LogP contribution in [0.15, 0.2) is 28.7 Å². The molecule has 0 radical (unpaired) electrons. The zero-order valence-corrected chi connectivity index (χ0v) is 12.4. The Hall–Kier alpha value is -1.33. The van der Waals surface area contributed by atoms with E-state index in [1.165, 1.54) is 18.4 Å². The molecule has 0 amide bonds. The fraction of sp³-hybridized carbons (Fsp3) is 0.154. The summed E-state index contributed by atoms with van der Waals surface area (Å²) in [6.07, 6.45) is 0. The van der Waals surface area contributed by atoms with Crippen molar-refractivity contribution in [2.75, 3.05) is 12.8 Å². The van der Waals surface area contributed by atoms with Crippen LogP contribution in [0.4, 0.5) is 5.69 Å². The second-order valence-corrected chi connectivity index (χ2v) is 5.91. The summed E-state index contributed by atoms with van der Waals surface area (Å²) in [6, 6.07) is 6.88. The average Bonchev–Trinajstić information content (AvgIpc) is 2.68. The molecule has 1 heterocycles. The third-order valence-electron chi connectivity index (χ3n) is 2.55. The van der Waals surface area contributed by atoms with Gasteiger partial charge < -0.3 is 10.5 Å². The Bertz CT molecular complexity index is 588. The summed E-state index contributed by atoms with van der Waals surface area (Å²) in [5, 5.41) is 0. The largest absolute Gasteiger partial charge is 0.496 e. The number of halogens is 1. The number of methoxy groups -OCH3 is 1. The standard InChI is InChI=1S/C13H12BrNO2S/c1-7-10(14)6-12(18-7)13(16)9-4-3-8(15)5-11(9)17-2/h3-6H,15H2,1-2H3. The van der Waals surface area contributed by atoms with Gasteiger partial charge in [0.1, 0.15) is 5.75 Å². The summed E-state index contributed by atoms with van der Waals surface area (Å²) in [5.74, 6) is 0.452. The molecule has 0 saturated carbocycles. The fourth-order valence-corrected chi connectivity index (χ4v) is 3.09. The van der Waals surface area contributed by atoms with E-state index in [9.17, 15) is 4.79 Å². The Morgan fingerprint density at radius 1 is 1.39 bits per heavy atom. The summed E-state index contributed by atoms with van der Waals surface area (Å²) < 4.78 is 6.15. The van der Waals surface area contributed by atoms with Gasteiger partial charge in [0.05, 0.1) is 17.6 Å². The lowest BCUT2D eigenvalue weighted by atomic mass is 10.1. The van der Waals surface area contributed by atoms with Crippen LogP contribution in [0.25, 0.3) is 0 Å². The van der Waals surface area contributed by atoms with Crippen molar-refractivity contribution in [3.8, 4) is 5.75 Å². The van der Waals surface area contributed by atoms with E-state index in [1.807, 2.05) is 13.0 Å².